The standard InChI is InChI=1S/C26H26N6O3.C15H18N2O4.C11H12N4O/c1-16-21-9-8-20(14-22(21)17(2)30-29-16)24-28-26(35-31-24)19-10-12-32(13-11-19)23(33)15-27-25(34)18-6-4-3-5-7-18;18-13(17-8-6-12(7-9-17)15(20)21)10-16-14(19)11-4-2-1-3-5-11;1-6-9-4-3-8(11(12)15-16)5-10(9)7(2)14-13-6/h3-9,14,19H,10-13,15H2,1-2H3,(H,27,34);1-5,12H,6-10H2,(H,16,19)(H,20,21);3-5,16H,1-2H3,(H2,12,15). The van der Waals surface area contributed by atoms with E-state index in [1.165, 1.54) is 0 Å². The zero-order chi connectivity index (χ0) is 51.3. The van der Waals surface area contributed by atoms with Crippen molar-refractivity contribution in [3.63, 3.8) is 0 Å². The van der Waals surface area contributed by atoms with Gasteiger partial charge in [-0.2, -0.15) is 25.4 Å². The first-order valence-electron chi connectivity index (χ1n) is 23.4. The summed E-state index contributed by atoms with van der Waals surface area (Å²) in [5, 5.41) is 50.5. The van der Waals surface area contributed by atoms with Gasteiger partial charge in [0.25, 0.3) is 11.8 Å². The molecule has 6 N–H and O–H groups in total. The van der Waals surface area contributed by atoms with E-state index in [-0.39, 0.29) is 54.4 Å². The number of benzene rings is 4. The SMILES string of the molecule is Cc1nnc(C)c2cc(-c3noc(C4CCN(C(=O)CNC(=O)c5ccccc5)CC4)n3)ccc12.Cc1nnc(C)c2cc(/C(N)=N/O)ccc12.O=C(NCC(=O)N1CCC(C(=O)O)CC1)c1ccccc1. The molecule has 0 atom stereocenters. The summed E-state index contributed by atoms with van der Waals surface area (Å²) in [5.41, 5.74) is 11.6. The van der Waals surface area contributed by atoms with E-state index in [2.05, 4.69) is 46.3 Å². The number of hydrogen-bond donors (Lipinski definition) is 5. The third-order valence-corrected chi connectivity index (χ3v) is 12.7. The Bertz CT molecular complexity index is 3100. The molecule has 2 saturated heterocycles. The number of oxime groups is 1. The molecule has 0 saturated carbocycles. The number of nitrogens with zero attached hydrogens (tertiary/aromatic N) is 9. The van der Waals surface area contributed by atoms with Crippen LogP contribution in [0.1, 0.15) is 86.5 Å². The summed E-state index contributed by atoms with van der Waals surface area (Å²) >= 11 is 0. The molecule has 20 heteroatoms. The molecule has 72 heavy (non-hydrogen) atoms. The lowest BCUT2D eigenvalue weighted by molar-refractivity contribution is -0.145. The molecule has 0 radical (unpaired) electrons. The fourth-order valence-electron chi connectivity index (χ4n) is 8.38. The van der Waals surface area contributed by atoms with Crippen LogP contribution < -0.4 is 16.4 Å². The van der Waals surface area contributed by atoms with Crippen molar-refractivity contribution in [1.29, 1.82) is 0 Å². The summed E-state index contributed by atoms with van der Waals surface area (Å²) < 4.78 is 5.60. The number of piperidine rings is 2. The van der Waals surface area contributed by atoms with Crippen LogP contribution >= 0.6 is 0 Å². The maximum Gasteiger partial charge on any atom is 0.306 e. The van der Waals surface area contributed by atoms with Crippen LogP contribution in [0, 0.1) is 33.6 Å². The Morgan fingerprint density at radius 2 is 1.08 bits per heavy atom. The first-order chi connectivity index (χ1) is 34.7. The normalized spacial score (nSPS) is 14.1. The third-order valence-electron chi connectivity index (χ3n) is 12.7. The van der Waals surface area contributed by atoms with E-state index >= 15 is 0 Å². The second-order valence-electron chi connectivity index (χ2n) is 17.4. The number of amidine groups is 1. The maximum atomic E-state index is 12.6. The molecule has 2 fully saturated rings. The smallest absolute Gasteiger partial charge is 0.306 e. The molecule has 0 aliphatic carbocycles. The van der Waals surface area contributed by atoms with Crippen molar-refractivity contribution >= 4 is 57.0 Å². The molecule has 20 nitrogen and oxygen atoms in total. The van der Waals surface area contributed by atoms with E-state index in [1.807, 2.05) is 70.2 Å². The lowest BCUT2D eigenvalue weighted by atomic mass is 9.96. The molecule has 372 valence electrons. The van der Waals surface area contributed by atoms with E-state index in [4.69, 9.17) is 20.6 Å². The van der Waals surface area contributed by atoms with Gasteiger partial charge < -0.3 is 41.0 Å². The number of aromatic nitrogens is 6. The van der Waals surface area contributed by atoms with Crippen LogP contribution in [0.25, 0.3) is 32.9 Å². The number of rotatable bonds is 10. The summed E-state index contributed by atoms with van der Waals surface area (Å²) in [6, 6.07) is 29.1. The zero-order valence-electron chi connectivity index (χ0n) is 40.4. The zero-order valence-corrected chi connectivity index (χ0v) is 40.4. The fourth-order valence-corrected chi connectivity index (χ4v) is 8.38. The Morgan fingerprint density at radius 3 is 1.57 bits per heavy atom. The molecule has 9 rings (SSSR count). The van der Waals surface area contributed by atoms with E-state index in [0.717, 1.165) is 62.7 Å². The van der Waals surface area contributed by atoms with Gasteiger partial charge in [0, 0.05) is 75.9 Å². The van der Waals surface area contributed by atoms with Gasteiger partial charge in [-0.3, -0.25) is 24.0 Å². The monoisotopic (exact) mass is 976 g/mol. The number of aryl methyl sites for hydroxylation is 4. The summed E-state index contributed by atoms with van der Waals surface area (Å²) in [4.78, 5) is 67.4. The van der Waals surface area contributed by atoms with Gasteiger partial charge in [-0.25, -0.2) is 0 Å². The quantitative estimate of drug-likeness (QED) is 0.0489. The van der Waals surface area contributed by atoms with Crippen LogP contribution in [-0.4, -0.2) is 125 Å². The molecule has 2 aliphatic rings. The summed E-state index contributed by atoms with van der Waals surface area (Å²) in [5.74, 6) is -0.671. The first-order valence-corrected chi connectivity index (χ1v) is 23.4. The Balaban J connectivity index is 0.000000174. The minimum atomic E-state index is -0.806. The molecule has 2 aliphatic heterocycles. The van der Waals surface area contributed by atoms with Crippen molar-refractivity contribution < 1.29 is 38.8 Å². The van der Waals surface area contributed by atoms with Crippen molar-refractivity contribution in [2.75, 3.05) is 39.3 Å². The molecule has 4 amide bonds. The average Bonchev–Trinajstić information content (AvgIpc) is 3.93. The second kappa shape index (κ2) is 23.8. The number of fused-ring (bicyclic) bond motifs is 2. The highest BCUT2D eigenvalue weighted by atomic mass is 16.5. The fraction of sp³-hybridized carbons (Fsp3) is 0.308. The third kappa shape index (κ3) is 12.7. The number of carbonyl (C=O) groups excluding carboxylic acids is 4. The Morgan fingerprint density at radius 1 is 0.625 bits per heavy atom. The highest BCUT2D eigenvalue weighted by Gasteiger charge is 2.29. The number of nitrogens with one attached hydrogen (secondary N) is 2. The number of hydrogen-bond acceptors (Lipinski definition) is 14. The summed E-state index contributed by atoms with van der Waals surface area (Å²) in [6.45, 7) is 9.58. The largest absolute Gasteiger partial charge is 0.481 e. The van der Waals surface area contributed by atoms with Crippen LogP contribution in [0.2, 0.25) is 0 Å². The topological polar surface area (TPSA) is 285 Å². The van der Waals surface area contributed by atoms with Crippen LogP contribution in [0.4, 0.5) is 0 Å². The number of carboxylic acid groups (broad SMARTS) is 1. The molecular formula is C52H56N12O8. The number of amides is 4. The molecule has 3 aromatic heterocycles. The maximum absolute atomic E-state index is 12.6. The van der Waals surface area contributed by atoms with Crippen LogP contribution in [0.15, 0.2) is 107 Å². The van der Waals surface area contributed by atoms with Gasteiger partial charge in [0.15, 0.2) is 5.84 Å². The van der Waals surface area contributed by atoms with E-state index in [1.54, 1.807) is 64.4 Å². The van der Waals surface area contributed by atoms with Crippen molar-refractivity contribution in [3.05, 3.63) is 142 Å². The molecular weight excluding hydrogens is 921 g/mol. The lowest BCUT2D eigenvalue weighted by Crippen LogP contribution is -2.45. The van der Waals surface area contributed by atoms with E-state index < -0.39 is 5.97 Å². The summed E-state index contributed by atoms with van der Waals surface area (Å²) in [6.07, 6.45) is 2.39. The summed E-state index contributed by atoms with van der Waals surface area (Å²) in [7, 11) is 0. The predicted octanol–water partition coefficient (Wildman–Crippen LogP) is 5.51. The minimum absolute atomic E-state index is 0.0195. The van der Waals surface area contributed by atoms with Gasteiger partial charge in [0.05, 0.1) is 41.8 Å². The second-order valence-corrected chi connectivity index (χ2v) is 17.4. The van der Waals surface area contributed by atoms with Crippen molar-refractivity contribution in [1.82, 2.24) is 51.0 Å². The van der Waals surface area contributed by atoms with Gasteiger partial charge in [-0.15, -0.1) is 0 Å². The van der Waals surface area contributed by atoms with Gasteiger partial charge >= 0.3 is 5.97 Å². The van der Waals surface area contributed by atoms with Crippen LogP contribution in [0.3, 0.4) is 0 Å². The van der Waals surface area contributed by atoms with Crippen LogP contribution in [-0.2, 0) is 14.4 Å². The van der Waals surface area contributed by atoms with E-state index in [9.17, 15) is 24.0 Å². The van der Waals surface area contributed by atoms with Gasteiger partial charge in [-0.1, -0.05) is 71.0 Å². The van der Waals surface area contributed by atoms with Crippen LogP contribution in [0.5, 0.6) is 0 Å². The molecule has 7 aromatic rings. The Labute approximate surface area is 414 Å². The highest BCUT2D eigenvalue weighted by molar-refractivity contribution is 6.01. The van der Waals surface area contributed by atoms with Crippen molar-refractivity contribution in [2.24, 2.45) is 16.8 Å². The number of likely N-dealkylation sites (tertiary alicyclic amines) is 2. The van der Waals surface area contributed by atoms with Gasteiger partial charge in [0.1, 0.15) is 0 Å². The predicted molar refractivity (Wildman–Crippen MR) is 267 cm³/mol. The first kappa shape index (κ1) is 51.2. The molecule has 0 bridgehead atoms. The lowest BCUT2D eigenvalue weighted by Gasteiger charge is -2.30. The van der Waals surface area contributed by atoms with Gasteiger partial charge in [0.2, 0.25) is 23.5 Å². The number of carbonyl (C=O) groups is 5. The Hall–Kier alpha value is -8.68. The number of nitrogens with two attached hydrogens (primary N) is 1. The Kier molecular flexibility index (Phi) is 16.9. The highest BCUT2D eigenvalue weighted by Crippen LogP contribution is 2.30. The van der Waals surface area contributed by atoms with Crippen molar-refractivity contribution in [3.8, 4) is 11.4 Å². The van der Waals surface area contributed by atoms with Crippen molar-refractivity contribution in [2.45, 2.75) is 59.3 Å². The molecule has 4 aromatic carbocycles. The minimum Gasteiger partial charge on any atom is -0.481 e. The molecule has 0 spiro atoms. The van der Waals surface area contributed by atoms with Gasteiger partial charge in [-0.05, 0) is 89.8 Å². The van der Waals surface area contributed by atoms with E-state index in [0.29, 0.717) is 67.4 Å². The number of carboxylic acids is 1. The molecule has 0 unspecified atom stereocenters. The number of aliphatic carboxylic acids is 1. The average molecular weight is 977 g/mol. The molecule has 5 heterocycles.